The number of rotatable bonds is 6. The molecule has 4 rings (SSSR count). The van der Waals surface area contributed by atoms with E-state index in [1.807, 2.05) is 36.6 Å². The number of furan rings is 1. The second-order valence-electron chi connectivity index (χ2n) is 6.36. The number of carbonyl (C=O) groups excluding carboxylic acids is 1. The lowest BCUT2D eigenvalue weighted by molar-refractivity contribution is 0.0529. The Morgan fingerprint density at radius 3 is 2.80 bits per heavy atom. The van der Waals surface area contributed by atoms with Gasteiger partial charge < -0.3 is 18.7 Å². The Bertz CT molecular complexity index is 1190. The first-order chi connectivity index (χ1) is 14.6. The summed E-state index contributed by atoms with van der Waals surface area (Å²) in [5, 5.41) is 12.3. The Kier molecular flexibility index (Phi) is 5.49. The zero-order chi connectivity index (χ0) is 21.1. The first-order valence-electron chi connectivity index (χ1n) is 9.20. The number of aryl methyl sites for hydroxylation is 1. The highest BCUT2D eigenvalue weighted by Crippen LogP contribution is 2.38. The Hall–Kier alpha value is -3.65. The van der Waals surface area contributed by atoms with Crippen molar-refractivity contribution >= 4 is 28.5 Å². The third-order valence-corrected chi connectivity index (χ3v) is 5.17. The van der Waals surface area contributed by atoms with E-state index in [0.29, 0.717) is 16.3 Å². The van der Waals surface area contributed by atoms with Gasteiger partial charge in [0.15, 0.2) is 11.5 Å². The van der Waals surface area contributed by atoms with Crippen LogP contribution in [0.5, 0.6) is 5.95 Å². The van der Waals surface area contributed by atoms with Crippen LogP contribution in [-0.4, -0.2) is 28.9 Å². The first kappa shape index (κ1) is 19.7. The van der Waals surface area contributed by atoms with Crippen LogP contribution in [0.4, 0.5) is 5.00 Å². The lowest BCUT2D eigenvalue weighted by Crippen LogP contribution is -2.05. The van der Waals surface area contributed by atoms with Gasteiger partial charge in [-0.2, -0.15) is 0 Å². The summed E-state index contributed by atoms with van der Waals surface area (Å²) in [5.41, 5.74) is 3.26. The minimum atomic E-state index is -0.456. The van der Waals surface area contributed by atoms with E-state index in [4.69, 9.17) is 13.6 Å². The number of aromatic nitrogens is 1. The standard InChI is InChI=1S/C22H18N2O5S/c1-3-27-22(26)18-15(14-8-6-13(2)7-9-14)12-30-20(18)23-11-16-21(25)29-19(24-16)17-5-4-10-28-17/h4-12,25H,3H2,1-2H3. The molecule has 0 bridgehead atoms. The molecule has 30 heavy (non-hydrogen) atoms. The van der Waals surface area contributed by atoms with E-state index < -0.39 is 11.9 Å². The number of benzene rings is 1. The molecule has 0 atom stereocenters. The molecule has 0 aliphatic heterocycles. The van der Waals surface area contributed by atoms with E-state index in [-0.39, 0.29) is 18.2 Å². The van der Waals surface area contributed by atoms with Crippen LogP contribution in [0, 0.1) is 6.92 Å². The normalized spacial score (nSPS) is 11.3. The number of hydrogen-bond acceptors (Lipinski definition) is 8. The lowest BCUT2D eigenvalue weighted by atomic mass is 10.0. The number of aromatic hydroxyl groups is 1. The van der Waals surface area contributed by atoms with Crippen molar-refractivity contribution in [2.45, 2.75) is 13.8 Å². The maximum atomic E-state index is 12.6. The molecule has 0 unspecified atom stereocenters. The molecule has 1 N–H and O–H groups in total. The van der Waals surface area contributed by atoms with Crippen LogP contribution >= 0.6 is 11.3 Å². The molecule has 0 radical (unpaired) electrons. The number of thiophene rings is 1. The lowest BCUT2D eigenvalue weighted by Gasteiger charge is -2.06. The van der Waals surface area contributed by atoms with Crippen molar-refractivity contribution in [3.8, 4) is 28.7 Å². The minimum Gasteiger partial charge on any atom is -0.479 e. The van der Waals surface area contributed by atoms with Gasteiger partial charge in [-0.05, 0) is 31.5 Å². The molecule has 152 valence electrons. The summed E-state index contributed by atoms with van der Waals surface area (Å²) in [4.78, 5) is 21.2. The molecular weight excluding hydrogens is 404 g/mol. The Balaban J connectivity index is 1.70. The summed E-state index contributed by atoms with van der Waals surface area (Å²) < 4.78 is 15.7. The van der Waals surface area contributed by atoms with Gasteiger partial charge in [-0.25, -0.2) is 14.8 Å². The molecule has 8 heteroatoms. The molecule has 3 heterocycles. The van der Waals surface area contributed by atoms with Gasteiger partial charge in [-0.3, -0.25) is 0 Å². The summed E-state index contributed by atoms with van der Waals surface area (Å²) in [6.07, 6.45) is 2.83. The first-order valence-corrected chi connectivity index (χ1v) is 10.1. The molecular formula is C22H18N2O5S. The van der Waals surface area contributed by atoms with Gasteiger partial charge in [0, 0.05) is 10.9 Å². The van der Waals surface area contributed by atoms with Crippen molar-refractivity contribution in [2.75, 3.05) is 6.61 Å². The van der Waals surface area contributed by atoms with E-state index in [9.17, 15) is 9.90 Å². The highest BCUT2D eigenvalue weighted by atomic mass is 32.1. The number of aliphatic imine (C=N–C) groups is 1. The largest absolute Gasteiger partial charge is 0.479 e. The SMILES string of the molecule is CCOC(=O)c1c(-c2ccc(C)cc2)csc1N=Cc1nc(-c2ccco2)oc1O. The van der Waals surface area contributed by atoms with Gasteiger partial charge in [-0.15, -0.1) is 11.3 Å². The maximum Gasteiger partial charge on any atom is 0.341 e. The van der Waals surface area contributed by atoms with Gasteiger partial charge in [0.2, 0.25) is 0 Å². The van der Waals surface area contributed by atoms with E-state index in [0.717, 1.165) is 16.7 Å². The van der Waals surface area contributed by atoms with Crippen molar-refractivity contribution in [1.29, 1.82) is 0 Å². The summed E-state index contributed by atoms with van der Waals surface area (Å²) in [5.74, 6) is -0.327. The van der Waals surface area contributed by atoms with Crippen LogP contribution in [0.25, 0.3) is 22.8 Å². The fourth-order valence-corrected chi connectivity index (χ4v) is 3.73. The van der Waals surface area contributed by atoms with Crippen molar-refractivity contribution in [1.82, 2.24) is 4.98 Å². The van der Waals surface area contributed by atoms with Crippen molar-refractivity contribution in [3.05, 3.63) is 64.9 Å². The van der Waals surface area contributed by atoms with Crippen LogP contribution in [0.2, 0.25) is 0 Å². The third kappa shape index (κ3) is 3.90. The number of ether oxygens (including phenoxy) is 1. The number of carbonyl (C=O) groups is 1. The second-order valence-corrected chi connectivity index (χ2v) is 7.22. The number of nitrogens with zero attached hydrogens (tertiary/aromatic N) is 2. The maximum absolute atomic E-state index is 12.6. The summed E-state index contributed by atoms with van der Waals surface area (Å²) >= 11 is 1.30. The zero-order valence-electron chi connectivity index (χ0n) is 16.3. The van der Waals surface area contributed by atoms with Crippen LogP contribution < -0.4 is 0 Å². The molecule has 0 aliphatic rings. The molecule has 0 saturated carbocycles. The molecule has 7 nitrogen and oxygen atoms in total. The average Bonchev–Trinajstić information content (AvgIpc) is 3.47. The van der Waals surface area contributed by atoms with Crippen LogP contribution in [0.3, 0.4) is 0 Å². The highest BCUT2D eigenvalue weighted by molar-refractivity contribution is 7.14. The summed E-state index contributed by atoms with van der Waals surface area (Å²) in [6.45, 7) is 4.00. The van der Waals surface area contributed by atoms with Crippen LogP contribution in [0.1, 0.15) is 28.5 Å². The van der Waals surface area contributed by atoms with Crippen molar-refractivity contribution < 1.29 is 23.5 Å². The third-order valence-electron chi connectivity index (χ3n) is 4.28. The molecule has 0 spiro atoms. The highest BCUT2D eigenvalue weighted by Gasteiger charge is 2.22. The van der Waals surface area contributed by atoms with E-state index in [1.165, 1.54) is 23.8 Å². The summed E-state index contributed by atoms with van der Waals surface area (Å²) in [7, 11) is 0. The Labute approximate surface area is 176 Å². The van der Waals surface area contributed by atoms with Gasteiger partial charge in [0.25, 0.3) is 5.89 Å². The Morgan fingerprint density at radius 1 is 1.30 bits per heavy atom. The van der Waals surface area contributed by atoms with Crippen LogP contribution in [-0.2, 0) is 4.74 Å². The average molecular weight is 422 g/mol. The summed E-state index contributed by atoms with van der Waals surface area (Å²) in [6, 6.07) is 11.2. The molecule has 1 aromatic carbocycles. The van der Waals surface area contributed by atoms with E-state index in [2.05, 4.69) is 9.98 Å². The van der Waals surface area contributed by atoms with Gasteiger partial charge >= 0.3 is 11.9 Å². The number of oxazole rings is 1. The number of esters is 1. The minimum absolute atomic E-state index is 0.126. The van der Waals surface area contributed by atoms with Crippen LogP contribution in [0.15, 0.2) is 61.9 Å². The zero-order valence-corrected chi connectivity index (χ0v) is 17.1. The molecule has 3 aromatic heterocycles. The molecule has 0 aliphatic carbocycles. The van der Waals surface area contributed by atoms with Crippen molar-refractivity contribution in [2.24, 2.45) is 4.99 Å². The van der Waals surface area contributed by atoms with Gasteiger partial charge in [-0.1, -0.05) is 29.8 Å². The molecule has 0 fully saturated rings. The topological polar surface area (TPSA) is 98.1 Å². The number of hydrogen-bond donors (Lipinski definition) is 1. The Morgan fingerprint density at radius 2 is 2.10 bits per heavy atom. The molecule has 0 saturated heterocycles. The quantitative estimate of drug-likeness (QED) is 0.321. The molecule has 4 aromatic rings. The van der Waals surface area contributed by atoms with Crippen molar-refractivity contribution in [3.63, 3.8) is 0 Å². The fourth-order valence-electron chi connectivity index (χ4n) is 2.82. The fraction of sp³-hybridized carbons (Fsp3) is 0.136. The predicted molar refractivity (Wildman–Crippen MR) is 114 cm³/mol. The smallest absolute Gasteiger partial charge is 0.341 e. The second kappa shape index (κ2) is 8.38. The molecule has 0 amide bonds. The van der Waals surface area contributed by atoms with E-state index >= 15 is 0 Å². The van der Waals surface area contributed by atoms with Gasteiger partial charge in [0.05, 0.1) is 19.1 Å². The monoisotopic (exact) mass is 422 g/mol. The van der Waals surface area contributed by atoms with E-state index in [1.54, 1.807) is 19.1 Å². The van der Waals surface area contributed by atoms with Gasteiger partial charge in [0.1, 0.15) is 10.6 Å². The predicted octanol–water partition coefficient (Wildman–Crippen LogP) is 5.60.